The first-order chi connectivity index (χ1) is 8.24. The van der Waals surface area contributed by atoms with E-state index >= 15 is 0 Å². The Hall–Kier alpha value is -0.610. The second-order valence-electron chi connectivity index (χ2n) is 4.85. The van der Waals surface area contributed by atoms with Crippen LogP contribution in [0.2, 0.25) is 0 Å². The molecular formula is C13H26N2O2. The summed E-state index contributed by atoms with van der Waals surface area (Å²) in [6.45, 7) is 6.07. The van der Waals surface area contributed by atoms with Crippen LogP contribution in [0, 0.1) is 5.92 Å². The Balaban J connectivity index is 2.10. The minimum atomic E-state index is 0.104. The van der Waals surface area contributed by atoms with Crippen molar-refractivity contribution < 1.29 is 9.53 Å². The number of nitrogens with zero attached hydrogens (tertiary/aromatic N) is 1. The molecule has 1 aliphatic heterocycles. The lowest BCUT2D eigenvalue weighted by Crippen LogP contribution is -2.34. The zero-order valence-corrected chi connectivity index (χ0v) is 11.2. The van der Waals surface area contributed by atoms with Gasteiger partial charge >= 0.3 is 0 Å². The summed E-state index contributed by atoms with van der Waals surface area (Å²) < 4.78 is 5.26. The van der Waals surface area contributed by atoms with Crippen LogP contribution in [0.4, 0.5) is 0 Å². The topological polar surface area (TPSA) is 41.6 Å². The number of hydrogen-bond donors (Lipinski definition) is 1. The first kappa shape index (κ1) is 14.5. The highest BCUT2D eigenvalue weighted by atomic mass is 16.5. The average Bonchev–Trinajstić information content (AvgIpc) is 2.37. The van der Waals surface area contributed by atoms with Crippen LogP contribution >= 0.6 is 0 Å². The summed E-state index contributed by atoms with van der Waals surface area (Å²) in [7, 11) is 1.87. The number of hydrogen-bond acceptors (Lipinski definition) is 3. The molecule has 1 heterocycles. The molecular weight excluding hydrogens is 216 g/mol. The summed E-state index contributed by atoms with van der Waals surface area (Å²) >= 11 is 0. The van der Waals surface area contributed by atoms with Crippen molar-refractivity contribution in [3.63, 3.8) is 0 Å². The SMILES string of the molecule is CCCOCC(=O)N(C)CCC1CCNCC1. The van der Waals surface area contributed by atoms with E-state index in [1.54, 1.807) is 4.90 Å². The average molecular weight is 242 g/mol. The Morgan fingerprint density at radius 2 is 2.12 bits per heavy atom. The second kappa shape index (κ2) is 8.48. The number of ether oxygens (including phenoxy) is 1. The molecule has 0 unspecified atom stereocenters. The van der Waals surface area contributed by atoms with Gasteiger partial charge in [-0.2, -0.15) is 0 Å². The molecule has 1 fully saturated rings. The quantitative estimate of drug-likeness (QED) is 0.683. The number of nitrogens with one attached hydrogen (secondary N) is 1. The van der Waals surface area contributed by atoms with Crippen molar-refractivity contribution in [1.29, 1.82) is 0 Å². The molecule has 0 aromatic rings. The second-order valence-corrected chi connectivity index (χ2v) is 4.85. The molecule has 4 heteroatoms. The zero-order chi connectivity index (χ0) is 12.5. The van der Waals surface area contributed by atoms with Gasteiger partial charge in [-0.25, -0.2) is 0 Å². The normalized spacial score (nSPS) is 17.1. The highest BCUT2D eigenvalue weighted by Gasteiger charge is 2.15. The van der Waals surface area contributed by atoms with Gasteiger partial charge in [0.1, 0.15) is 6.61 Å². The third kappa shape index (κ3) is 6.03. The Morgan fingerprint density at radius 1 is 1.41 bits per heavy atom. The van der Waals surface area contributed by atoms with Crippen molar-refractivity contribution in [2.45, 2.75) is 32.6 Å². The van der Waals surface area contributed by atoms with E-state index < -0.39 is 0 Å². The van der Waals surface area contributed by atoms with E-state index in [4.69, 9.17) is 4.74 Å². The van der Waals surface area contributed by atoms with Crippen LogP contribution in [0.5, 0.6) is 0 Å². The summed E-state index contributed by atoms with van der Waals surface area (Å²) in [5.41, 5.74) is 0. The number of rotatable bonds is 7. The lowest BCUT2D eigenvalue weighted by atomic mass is 9.94. The van der Waals surface area contributed by atoms with Crippen molar-refractivity contribution in [3.8, 4) is 0 Å². The van der Waals surface area contributed by atoms with Crippen molar-refractivity contribution in [1.82, 2.24) is 10.2 Å². The number of carbonyl (C=O) groups excluding carboxylic acids is 1. The predicted octanol–water partition coefficient (Wildman–Crippen LogP) is 1.26. The van der Waals surface area contributed by atoms with E-state index in [9.17, 15) is 4.79 Å². The largest absolute Gasteiger partial charge is 0.372 e. The van der Waals surface area contributed by atoms with Gasteiger partial charge in [-0.05, 0) is 44.7 Å². The van der Waals surface area contributed by atoms with Crippen LogP contribution in [0.25, 0.3) is 0 Å². The first-order valence-corrected chi connectivity index (χ1v) is 6.76. The zero-order valence-electron chi connectivity index (χ0n) is 11.2. The molecule has 0 radical (unpaired) electrons. The van der Waals surface area contributed by atoms with Gasteiger partial charge in [0.2, 0.25) is 5.91 Å². The van der Waals surface area contributed by atoms with Crippen LogP contribution < -0.4 is 5.32 Å². The van der Waals surface area contributed by atoms with E-state index in [1.165, 1.54) is 12.8 Å². The molecule has 0 bridgehead atoms. The lowest BCUT2D eigenvalue weighted by Gasteiger charge is -2.25. The summed E-state index contributed by atoms with van der Waals surface area (Å²) in [5.74, 6) is 0.885. The summed E-state index contributed by atoms with van der Waals surface area (Å²) in [6.07, 6.45) is 4.58. The molecule has 0 saturated carbocycles. The van der Waals surface area contributed by atoms with Crippen LogP contribution in [0.1, 0.15) is 32.6 Å². The van der Waals surface area contributed by atoms with Gasteiger partial charge in [-0.15, -0.1) is 0 Å². The number of amides is 1. The standard InChI is InChI=1S/C13H26N2O2/c1-3-10-17-11-13(16)15(2)9-6-12-4-7-14-8-5-12/h12,14H,3-11H2,1-2H3. The summed E-state index contributed by atoms with van der Waals surface area (Å²) in [6, 6.07) is 0. The fourth-order valence-corrected chi connectivity index (χ4v) is 2.09. The van der Waals surface area contributed by atoms with Crippen molar-refractivity contribution >= 4 is 5.91 Å². The minimum Gasteiger partial charge on any atom is -0.372 e. The predicted molar refractivity (Wildman–Crippen MR) is 69.0 cm³/mol. The van der Waals surface area contributed by atoms with Crippen molar-refractivity contribution in [2.75, 3.05) is 39.9 Å². The molecule has 1 saturated heterocycles. The summed E-state index contributed by atoms with van der Waals surface area (Å²) in [4.78, 5) is 13.5. The maximum Gasteiger partial charge on any atom is 0.248 e. The van der Waals surface area contributed by atoms with E-state index in [0.29, 0.717) is 6.61 Å². The van der Waals surface area contributed by atoms with E-state index in [0.717, 1.165) is 38.4 Å². The molecule has 1 aliphatic rings. The van der Waals surface area contributed by atoms with Crippen LogP contribution in [0.15, 0.2) is 0 Å². The number of piperidine rings is 1. The van der Waals surface area contributed by atoms with Gasteiger partial charge in [0.25, 0.3) is 0 Å². The summed E-state index contributed by atoms with van der Waals surface area (Å²) in [5, 5.41) is 3.36. The molecule has 0 spiro atoms. The Labute approximate surface area is 105 Å². The fraction of sp³-hybridized carbons (Fsp3) is 0.923. The van der Waals surface area contributed by atoms with Gasteiger partial charge in [-0.3, -0.25) is 4.79 Å². The molecule has 1 N–H and O–H groups in total. The minimum absolute atomic E-state index is 0.104. The Kier molecular flexibility index (Phi) is 7.21. The van der Waals surface area contributed by atoms with Crippen LogP contribution in [-0.4, -0.2) is 50.7 Å². The van der Waals surface area contributed by atoms with Gasteiger partial charge in [-0.1, -0.05) is 6.92 Å². The van der Waals surface area contributed by atoms with Crippen molar-refractivity contribution in [2.24, 2.45) is 5.92 Å². The van der Waals surface area contributed by atoms with E-state index in [-0.39, 0.29) is 12.5 Å². The molecule has 0 aromatic heterocycles. The van der Waals surface area contributed by atoms with Gasteiger partial charge in [0, 0.05) is 20.2 Å². The van der Waals surface area contributed by atoms with Crippen molar-refractivity contribution in [3.05, 3.63) is 0 Å². The van der Waals surface area contributed by atoms with E-state index in [2.05, 4.69) is 5.32 Å². The third-order valence-corrected chi connectivity index (χ3v) is 3.33. The molecule has 17 heavy (non-hydrogen) atoms. The highest BCUT2D eigenvalue weighted by Crippen LogP contribution is 2.15. The van der Waals surface area contributed by atoms with Crippen LogP contribution in [-0.2, 0) is 9.53 Å². The number of likely N-dealkylation sites (N-methyl/N-ethyl adjacent to an activating group) is 1. The molecule has 0 aliphatic carbocycles. The molecule has 1 amide bonds. The van der Waals surface area contributed by atoms with Gasteiger partial charge < -0.3 is 15.0 Å². The Bertz CT molecular complexity index is 215. The van der Waals surface area contributed by atoms with Crippen LogP contribution in [0.3, 0.4) is 0 Å². The molecule has 0 atom stereocenters. The van der Waals surface area contributed by atoms with E-state index in [1.807, 2.05) is 14.0 Å². The maximum absolute atomic E-state index is 11.7. The number of carbonyl (C=O) groups is 1. The van der Waals surface area contributed by atoms with Gasteiger partial charge in [0.05, 0.1) is 0 Å². The highest BCUT2D eigenvalue weighted by molar-refractivity contribution is 5.77. The maximum atomic E-state index is 11.7. The first-order valence-electron chi connectivity index (χ1n) is 6.76. The van der Waals surface area contributed by atoms with Gasteiger partial charge in [0.15, 0.2) is 0 Å². The Morgan fingerprint density at radius 3 is 2.76 bits per heavy atom. The fourth-order valence-electron chi connectivity index (χ4n) is 2.09. The molecule has 0 aromatic carbocycles. The smallest absolute Gasteiger partial charge is 0.248 e. The monoisotopic (exact) mass is 242 g/mol. The lowest BCUT2D eigenvalue weighted by molar-refractivity contribution is -0.135. The molecule has 1 rings (SSSR count). The third-order valence-electron chi connectivity index (χ3n) is 3.33. The molecule has 4 nitrogen and oxygen atoms in total. The molecule has 100 valence electrons.